The van der Waals surface area contributed by atoms with Crippen molar-refractivity contribution in [3.8, 4) is 11.8 Å². The molecule has 3 rings (SSSR count). The van der Waals surface area contributed by atoms with Crippen molar-refractivity contribution >= 4 is 5.91 Å². The molecule has 3 saturated heterocycles. The van der Waals surface area contributed by atoms with E-state index in [0.29, 0.717) is 6.61 Å². The number of rotatable bonds is 2. The summed E-state index contributed by atoms with van der Waals surface area (Å²) in [6.45, 7) is 9.30. The number of nitrogens with one attached hydrogen (secondary N) is 1. The third kappa shape index (κ3) is 3.37. The minimum Gasteiger partial charge on any atom is -0.348 e. The lowest BCUT2D eigenvalue weighted by Gasteiger charge is -2.29. The number of amides is 1. The van der Waals surface area contributed by atoms with Crippen LogP contribution < -0.4 is 5.32 Å². The molecule has 3 heterocycles. The first-order valence-electron chi connectivity index (χ1n) is 7.77. The Balaban J connectivity index is 1.78. The minimum atomic E-state index is -0.758. The Bertz CT molecular complexity index is 549. The molecule has 23 heavy (non-hydrogen) atoms. The number of carbonyl (C=O) groups is 1. The molecule has 128 valence electrons. The third-order valence-corrected chi connectivity index (χ3v) is 4.02. The van der Waals surface area contributed by atoms with Gasteiger partial charge in [0, 0.05) is 0 Å². The van der Waals surface area contributed by atoms with Crippen molar-refractivity contribution in [2.45, 2.75) is 76.8 Å². The summed E-state index contributed by atoms with van der Waals surface area (Å²) in [5, 5.41) is 2.87. The summed E-state index contributed by atoms with van der Waals surface area (Å²) in [7, 11) is 0. The zero-order valence-corrected chi connectivity index (χ0v) is 14.0. The van der Waals surface area contributed by atoms with Crippen LogP contribution in [0.3, 0.4) is 0 Å². The zero-order valence-electron chi connectivity index (χ0n) is 14.0. The highest BCUT2D eigenvalue weighted by Gasteiger charge is 2.58. The second kappa shape index (κ2) is 5.72. The number of ether oxygens (including phenoxy) is 5. The molecular formula is C16H23NO6. The van der Waals surface area contributed by atoms with E-state index in [-0.39, 0.29) is 12.0 Å². The highest BCUT2D eigenvalue weighted by Crippen LogP contribution is 2.40. The second-order valence-electron chi connectivity index (χ2n) is 6.81. The van der Waals surface area contributed by atoms with Crippen molar-refractivity contribution in [3.05, 3.63) is 0 Å². The van der Waals surface area contributed by atoms with Crippen molar-refractivity contribution in [3.63, 3.8) is 0 Å². The van der Waals surface area contributed by atoms with E-state index in [1.807, 2.05) is 27.7 Å². The van der Waals surface area contributed by atoms with Gasteiger partial charge in [0.05, 0.1) is 12.6 Å². The standard InChI is InChI=1S/C16H23NO6/c1-6-7-10(18)17-11-12(9-8-19-15(2,3)21-9)20-14-13(11)22-16(4,5)23-14/h9,11-14H,8H2,1-5H3,(H,17,18)/t9-,11-,12-,13-,14-/m1/s1. The number of fused-ring (bicyclic) bond motifs is 1. The highest BCUT2D eigenvalue weighted by atomic mass is 16.8. The zero-order chi connectivity index (χ0) is 16.8. The molecule has 7 heteroatoms. The molecule has 0 aliphatic carbocycles. The van der Waals surface area contributed by atoms with Gasteiger partial charge < -0.3 is 29.0 Å². The Morgan fingerprint density at radius 1 is 1.09 bits per heavy atom. The fourth-order valence-electron chi connectivity index (χ4n) is 3.19. The maximum atomic E-state index is 11.9. The van der Waals surface area contributed by atoms with Crippen LogP contribution in [0, 0.1) is 11.8 Å². The van der Waals surface area contributed by atoms with Crippen LogP contribution >= 0.6 is 0 Å². The van der Waals surface area contributed by atoms with Gasteiger partial charge in [0.2, 0.25) is 0 Å². The molecule has 3 aliphatic heterocycles. The average Bonchev–Trinajstić information content (AvgIpc) is 3.01. The van der Waals surface area contributed by atoms with Crippen LogP contribution in [0.2, 0.25) is 0 Å². The molecule has 0 bridgehead atoms. The normalized spacial score (nSPS) is 40.3. The fraction of sp³-hybridized carbons (Fsp3) is 0.812. The van der Waals surface area contributed by atoms with E-state index in [2.05, 4.69) is 17.2 Å². The van der Waals surface area contributed by atoms with Crippen molar-refractivity contribution in [2.75, 3.05) is 6.61 Å². The van der Waals surface area contributed by atoms with Gasteiger partial charge in [0.1, 0.15) is 18.3 Å². The lowest BCUT2D eigenvalue weighted by Crippen LogP contribution is -2.52. The molecule has 3 fully saturated rings. The number of hydrogen-bond acceptors (Lipinski definition) is 6. The maximum Gasteiger partial charge on any atom is 0.296 e. The minimum absolute atomic E-state index is 0.314. The van der Waals surface area contributed by atoms with Gasteiger partial charge in [-0.05, 0) is 40.5 Å². The summed E-state index contributed by atoms with van der Waals surface area (Å²) in [4.78, 5) is 11.9. The monoisotopic (exact) mass is 325 g/mol. The highest BCUT2D eigenvalue weighted by molar-refractivity contribution is 5.93. The van der Waals surface area contributed by atoms with Crippen molar-refractivity contribution in [1.29, 1.82) is 0 Å². The van der Waals surface area contributed by atoms with Crippen LogP contribution in [0.4, 0.5) is 0 Å². The summed E-state index contributed by atoms with van der Waals surface area (Å²) >= 11 is 0. The molecule has 0 aromatic rings. The summed E-state index contributed by atoms with van der Waals surface area (Å²) < 4.78 is 29.1. The van der Waals surface area contributed by atoms with E-state index in [4.69, 9.17) is 23.7 Å². The molecule has 1 N–H and O–H groups in total. The molecule has 1 amide bonds. The van der Waals surface area contributed by atoms with Gasteiger partial charge in [-0.3, -0.25) is 4.79 Å². The van der Waals surface area contributed by atoms with Gasteiger partial charge in [0.15, 0.2) is 17.9 Å². The van der Waals surface area contributed by atoms with Crippen LogP contribution in [0.5, 0.6) is 0 Å². The molecule has 0 aromatic heterocycles. The first-order valence-corrected chi connectivity index (χ1v) is 7.77. The Kier molecular flexibility index (Phi) is 4.15. The summed E-state index contributed by atoms with van der Waals surface area (Å²) in [6, 6.07) is -0.419. The molecule has 5 atom stereocenters. The lowest BCUT2D eigenvalue weighted by molar-refractivity contribution is -0.223. The average molecular weight is 325 g/mol. The predicted octanol–water partition coefficient (Wildman–Crippen LogP) is 0.522. The Morgan fingerprint density at radius 2 is 1.83 bits per heavy atom. The van der Waals surface area contributed by atoms with E-state index < -0.39 is 36.1 Å². The third-order valence-electron chi connectivity index (χ3n) is 4.02. The van der Waals surface area contributed by atoms with Crippen molar-refractivity contribution < 1.29 is 28.5 Å². The summed E-state index contributed by atoms with van der Waals surface area (Å²) in [5.41, 5.74) is 0. The smallest absolute Gasteiger partial charge is 0.296 e. The van der Waals surface area contributed by atoms with Gasteiger partial charge in [-0.1, -0.05) is 5.92 Å². The molecule has 0 aromatic carbocycles. The van der Waals surface area contributed by atoms with Gasteiger partial charge in [-0.25, -0.2) is 0 Å². The van der Waals surface area contributed by atoms with Crippen LogP contribution in [0.15, 0.2) is 0 Å². The molecule has 7 nitrogen and oxygen atoms in total. The van der Waals surface area contributed by atoms with Crippen LogP contribution in [0.25, 0.3) is 0 Å². The fourth-order valence-corrected chi connectivity index (χ4v) is 3.19. The van der Waals surface area contributed by atoms with Crippen molar-refractivity contribution in [1.82, 2.24) is 5.32 Å². The van der Waals surface area contributed by atoms with Crippen LogP contribution in [0.1, 0.15) is 34.6 Å². The topological polar surface area (TPSA) is 75.3 Å². The number of hydrogen-bond donors (Lipinski definition) is 1. The van der Waals surface area contributed by atoms with Gasteiger partial charge in [-0.15, -0.1) is 0 Å². The molecular weight excluding hydrogens is 302 g/mol. The van der Waals surface area contributed by atoms with Crippen molar-refractivity contribution in [2.24, 2.45) is 0 Å². The predicted molar refractivity (Wildman–Crippen MR) is 79.0 cm³/mol. The van der Waals surface area contributed by atoms with E-state index in [1.54, 1.807) is 6.92 Å². The first kappa shape index (κ1) is 16.7. The maximum absolute atomic E-state index is 11.9. The quantitative estimate of drug-likeness (QED) is 0.746. The Hall–Kier alpha value is -1.17. The second-order valence-corrected chi connectivity index (χ2v) is 6.81. The summed E-state index contributed by atoms with van der Waals surface area (Å²) in [6.07, 6.45) is -1.71. The molecule has 0 saturated carbocycles. The molecule has 3 aliphatic rings. The van der Waals surface area contributed by atoms with E-state index in [0.717, 1.165) is 0 Å². The first-order chi connectivity index (χ1) is 10.7. The van der Waals surface area contributed by atoms with Crippen LogP contribution in [-0.2, 0) is 28.5 Å². The molecule has 0 unspecified atom stereocenters. The van der Waals surface area contributed by atoms with E-state index in [9.17, 15) is 4.79 Å². The van der Waals surface area contributed by atoms with Gasteiger partial charge in [0.25, 0.3) is 5.91 Å². The van der Waals surface area contributed by atoms with Crippen LogP contribution in [-0.4, -0.2) is 54.7 Å². The molecule has 0 radical (unpaired) electrons. The lowest BCUT2D eigenvalue weighted by atomic mass is 10.0. The van der Waals surface area contributed by atoms with Gasteiger partial charge >= 0.3 is 0 Å². The Labute approximate surface area is 135 Å². The van der Waals surface area contributed by atoms with E-state index >= 15 is 0 Å². The number of carbonyl (C=O) groups excluding carboxylic acids is 1. The largest absolute Gasteiger partial charge is 0.348 e. The summed E-state index contributed by atoms with van der Waals surface area (Å²) in [5.74, 6) is 3.25. The van der Waals surface area contributed by atoms with Gasteiger partial charge in [-0.2, -0.15) is 0 Å². The molecule has 0 spiro atoms. The van der Waals surface area contributed by atoms with E-state index in [1.165, 1.54) is 0 Å². The Morgan fingerprint density at radius 3 is 2.43 bits per heavy atom. The SMILES string of the molecule is CC#CC(=O)N[C@H]1[C@H]2OC(C)(C)O[C@H]2O[C@@H]1[C@H]1COC(C)(C)O1.